The van der Waals surface area contributed by atoms with Crippen LogP contribution in [0.1, 0.15) is 41.4 Å². The van der Waals surface area contributed by atoms with Crippen molar-refractivity contribution in [3.05, 3.63) is 70.5 Å². The Morgan fingerprint density at radius 3 is 2.66 bits per heavy atom. The monoisotopic (exact) mass is 386 g/mol. The van der Waals surface area contributed by atoms with Crippen LogP contribution in [0.3, 0.4) is 0 Å². The molecule has 148 valence electrons. The fourth-order valence-electron chi connectivity index (χ4n) is 3.78. The second kappa shape index (κ2) is 8.03. The summed E-state index contributed by atoms with van der Waals surface area (Å²) in [6.45, 7) is 4.14. The molecule has 1 heterocycles. The minimum Gasteiger partial charge on any atom is -0.399 e. The lowest BCUT2D eigenvalue weighted by atomic mass is 9.91. The highest BCUT2D eigenvalue weighted by Gasteiger charge is 2.22. The van der Waals surface area contributed by atoms with Crippen LogP contribution in [-0.2, 0) is 30.5 Å². The molecule has 3 N–H and O–H groups in total. The highest BCUT2D eigenvalue weighted by molar-refractivity contribution is 5.92. The number of aryl methyl sites for hydroxylation is 4. The van der Waals surface area contributed by atoms with Crippen LogP contribution in [0, 0.1) is 6.92 Å². The van der Waals surface area contributed by atoms with Gasteiger partial charge in [-0.05, 0) is 49.4 Å². The number of aromatic nitrogens is 2. The van der Waals surface area contributed by atoms with Crippen molar-refractivity contribution in [2.45, 2.75) is 46.0 Å². The Morgan fingerprint density at radius 2 is 1.90 bits per heavy atom. The van der Waals surface area contributed by atoms with Gasteiger partial charge in [0.1, 0.15) is 0 Å². The zero-order chi connectivity index (χ0) is 20.4. The summed E-state index contributed by atoms with van der Waals surface area (Å²) in [7, 11) is 0. The van der Waals surface area contributed by atoms with Crippen molar-refractivity contribution in [3.8, 4) is 11.3 Å². The Bertz CT molecular complexity index is 1060. The fourth-order valence-corrected chi connectivity index (χ4v) is 3.78. The van der Waals surface area contributed by atoms with Crippen LogP contribution in [-0.4, -0.2) is 15.9 Å². The Hall–Kier alpha value is -3.21. The molecular formula is C24H26N4O. The van der Waals surface area contributed by atoms with Crippen molar-refractivity contribution in [3.63, 3.8) is 0 Å². The normalized spacial score (nSPS) is 12.2. The summed E-state index contributed by atoms with van der Waals surface area (Å²) < 4.78 is 0. The molecule has 5 nitrogen and oxygen atoms in total. The summed E-state index contributed by atoms with van der Waals surface area (Å²) in [4.78, 5) is 22.4. The number of benzene rings is 2. The third-order valence-corrected chi connectivity index (χ3v) is 5.29. The second-order valence-corrected chi connectivity index (χ2v) is 7.69. The molecule has 2 aromatic carbocycles. The number of anilines is 2. The highest BCUT2D eigenvalue weighted by atomic mass is 16.1. The maximum absolute atomic E-state index is 12.6. The molecule has 0 radical (unpaired) electrons. The second-order valence-electron chi connectivity index (χ2n) is 7.69. The molecule has 0 aliphatic heterocycles. The molecule has 29 heavy (non-hydrogen) atoms. The first-order chi connectivity index (χ1) is 14.0. The summed E-state index contributed by atoms with van der Waals surface area (Å²) in [5.41, 5.74) is 13.9. The first kappa shape index (κ1) is 19.1. The Balaban J connectivity index is 1.63. The smallest absolute Gasteiger partial charge is 0.229 e. The molecule has 4 rings (SSSR count). The van der Waals surface area contributed by atoms with E-state index in [9.17, 15) is 4.79 Å². The van der Waals surface area contributed by atoms with Gasteiger partial charge in [0.2, 0.25) is 5.91 Å². The van der Waals surface area contributed by atoms with Crippen molar-refractivity contribution in [1.82, 2.24) is 9.97 Å². The first-order valence-corrected chi connectivity index (χ1v) is 10.2. The van der Waals surface area contributed by atoms with Crippen molar-refractivity contribution in [1.29, 1.82) is 0 Å². The average Bonchev–Trinajstić information content (AvgIpc) is 2.70. The van der Waals surface area contributed by atoms with Crippen molar-refractivity contribution >= 4 is 17.4 Å². The fraction of sp³-hybridized carbons (Fsp3) is 0.292. The molecule has 1 aliphatic carbocycles. The first-order valence-electron chi connectivity index (χ1n) is 10.2. The topological polar surface area (TPSA) is 80.9 Å². The Kier molecular flexibility index (Phi) is 5.30. The molecule has 0 bridgehead atoms. The molecule has 1 amide bonds. The lowest BCUT2D eigenvalue weighted by Gasteiger charge is -2.21. The number of nitrogens with two attached hydrogens (primary N) is 1. The predicted octanol–water partition coefficient (Wildman–Crippen LogP) is 4.27. The van der Waals surface area contributed by atoms with E-state index in [0.29, 0.717) is 12.2 Å². The van der Waals surface area contributed by atoms with Crippen LogP contribution in [0.25, 0.3) is 11.3 Å². The number of nitrogens with one attached hydrogen (secondary N) is 1. The zero-order valence-corrected chi connectivity index (χ0v) is 17.0. The number of amides is 1. The molecule has 0 saturated carbocycles. The third-order valence-electron chi connectivity index (χ3n) is 5.29. The van der Waals surface area contributed by atoms with Crippen LogP contribution >= 0.6 is 0 Å². The minimum atomic E-state index is -0.0653. The SMILES string of the molecule is CCCc1nc2c(nc1NC(=O)Cc1ccc(C)cc1)CCc1cc(N)ccc1-2. The molecule has 5 heteroatoms. The molecule has 1 aliphatic rings. The molecule has 0 saturated heterocycles. The van der Waals surface area contributed by atoms with Gasteiger partial charge in [-0.15, -0.1) is 0 Å². The maximum Gasteiger partial charge on any atom is 0.229 e. The third kappa shape index (κ3) is 4.14. The van der Waals surface area contributed by atoms with Crippen LogP contribution in [0.4, 0.5) is 11.5 Å². The van der Waals surface area contributed by atoms with E-state index in [1.165, 1.54) is 11.1 Å². The number of fused-ring (bicyclic) bond motifs is 3. The van der Waals surface area contributed by atoms with Gasteiger partial charge in [0.25, 0.3) is 0 Å². The van der Waals surface area contributed by atoms with Crippen molar-refractivity contribution in [2.24, 2.45) is 0 Å². The quantitative estimate of drug-likeness (QED) is 0.642. The van der Waals surface area contributed by atoms with Gasteiger partial charge in [-0.25, -0.2) is 9.97 Å². The minimum absolute atomic E-state index is 0.0653. The van der Waals surface area contributed by atoms with Gasteiger partial charge < -0.3 is 11.1 Å². The van der Waals surface area contributed by atoms with Crippen molar-refractivity contribution < 1.29 is 4.79 Å². The number of carbonyl (C=O) groups excluding carboxylic acids is 1. The van der Waals surface area contributed by atoms with E-state index >= 15 is 0 Å². The number of hydrogen-bond acceptors (Lipinski definition) is 4. The number of carbonyl (C=O) groups is 1. The van der Waals surface area contributed by atoms with Gasteiger partial charge in [0.05, 0.1) is 23.5 Å². The van der Waals surface area contributed by atoms with E-state index in [1.54, 1.807) is 0 Å². The zero-order valence-electron chi connectivity index (χ0n) is 17.0. The number of nitrogens with zero attached hydrogens (tertiary/aromatic N) is 2. The number of nitrogen functional groups attached to an aromatic ring is 1. The van der Waals surface area contributed by atoms with E-state index in [-0.39, 0.29) is 5.91 Å². The molecule has 0 spiro atoms. The summed E-state index contributed by atoms with van der Waals surface area (Å²) in [6, 6.07) is 14.0. The highest BCUT2D eigenvalue weighted by Crippen LogP contribution is 2.34. The molecule has 1 aromatic heterocycles. The van der Waals surface area contributed by atoms with Gasteiger partial charge in [-0.3, -0.25) is 4.79 Å². The summed E-state index contributed by atoms with van der Waals surface area (Å²) >= 11 is 0. The molecule has 0 atom stereocenters. The summed E-state index contributed by atoms with van der Waals surface area (Å²) in [5, 5.41) is 3.01. The van der Waals surface area contributed by atoms with Gasteiger partial charge in [0, 0.05) is 11.3 Å². The van der Waals surface area contributed by atoms with E-state index in [2.05, 4.69) is 12.2 Å². The van der Waals surface area contributed by atoms with Crippen LogP contribution in [0.5, 0.6) is 0 Å². The molecular weight excluding hydrogens is 360 g/mol. The van der Waals surface area contributed by atoms with Gasteiger partial charge in [-0.2, -0.15) is 0 Å². The maximum atomic E-state index is 12.6. The largest absolute Gasteiger partial charge is 0.399 e. The summed E-state index contributed by atoms with van der Waals surface area (Å²) in [6.07, 6.45) is 3.71. The number of rotatable bonds is 5. The van der Waals surface area contributed by atoms with E-state index in [4.69, 9.17) is 15.7 Å². The van der Waals surface area contributed by atoms with Crippen molar-refractivity contribution in [2.75, 3.05) is 11.1 Å². The van der Waals surface area contributed by atoms with Crippen LogP contribution < -0.4 is 11.1 Å². The van der Waals surface area contributed by atoms with Gasteiger partial charge >= 0.3 is 0 Å². The molecule has 0 unspecified atom stereocenters. The van der Waals surface area contributed by atoms with Crippen LogP contribution in [0.15, 0.2) is 42.5 Å². The van der Waals surface area contributed by atoms with E-state index < -0.39 is 0 Å². The lowest BCUT2D eigenvalue weighted by Crippen LogP contribution is -2.19. The van der Waals surface area contributed by atoms with E-state index in [0.717, 1.165) is 59.6 Å². The van der Waals surface area contributed by atoms with E-state index in [1.807, 2.05) is 49.4 Å². The Labute approximate surface area is 171 Å². The standard InChI is InChI=1S/C24H26N4O/c1-3-4-21-24(28-22(29)13-16-7-5-15(2)6-8-16)27-20-12-9-17-14-18(25)10-11-19(17)23(20)26-21/h5-8,10-11,14H,3-4,9,12-13,25H2,1-2H3,(H,27,28,29). The average molecular weight is 386 g/mol. The lowest BCUT2D eigenvalue weighted by molar-refractivity contribution is -0.115. The Morgan fingerprint density at radius 1 is 1.10 bits per heavy atom. The summed E-state index contributed by atoms with van der Waals surface area (Å²) in [5.74, 6) is 0.533. The van der Waals surface area contributed by atoms with Gasteiger partial charge in [0.15, 0.2) is 5.82 Å². The van der Waals surface area contributed by atoms with Crippen LogP contribution in [0.2, 0.25) is 0 Å². The predicted molar refractivity (Wildman–Crippen MR) is 117 cm³/mol. The molecule has 0 fully saturated rings. The number of hydrogen-bond donors (Lipinski definition) is 2. The molecule has 3 aromatic rings. The van der Waals surface area contributed by atoms with Gasteiger partial charge in [-0.1, -0.05) is 49.2 Å².